The lowest BCUT2D eigenvalue weighted by Gasteiger charge is -2.48. The third-order valence-electron chi connectivity index (χ3n) is 6.79. The van der Waals surface area contributed by atoms with Crippen LogP contribution in [0.3, 0.4) is 0 Å². The van der Waals surface area contributed by atoms with Crippen LogP contribution in [0.2, 0.25) is 5.04 Å². The van der Waals surface area contributed by atoms with Gasteiger partial charge in [0, 0.05) is 11.8 Å². The minimum atomic E-state index is -3.04. The molecule has 4 atom stereocenters. The predicted octanol–water partition coefficient (Wildman–Crippen LogP) is 1.60. The van der Waals surface area contributed by atoms with Gasteiger partial charge in [-0.1, -0.05) is 98.4 Å². The highest BCUT2D eigenvalue weighted by Crippen LogP contribution is 2.43. The molecule has 1 saturated heterocycles. The molecule has 0 aliphatic carbocycles. The maximum atomic E-state index is 12.5. The van der Waals surface area contributed by atoms with Crippen molar-refractivity contribution in [2.75, 3.05) is 5.73 Å². The Hall–Kier alpha value is -3.04. The van der Waals surface area contributed by atoms with E-state index in [0.717, 1.165) is 10.4 Å². The summed E-state index contributed by atoms with van der Waals surface area (Å²) in [5, 5.41) is 25.1. The summed E-state index contributed by atoms with van der Waals surface area (Å²) in [6.45, 7) is 10.3. The van der Waals surface area contributed by atoms with E-state index in [0.29, 0.717) is 0 Å². The molecule has 178 valence electrons. The van der Waals surface area contributed by atoms with Crippen molar-refractivity contribution in [2.45, 2.75) is 50.0 Å². The van der Waals surface area contributed by atoms with Gasteiger partial charge in [0.2, 0.25) is 0 Å². The van der Waals surface area contributed by atoms with Gasteiger partial charge in [-0.2, -0.15) is 4.98 Å². The Bertz CT molecular complexity index is 1180. The highest BCUT2D eigenvalue weighted by atomic mass is 28.3. The number of aliphatic hydroxyl groups excluding tert-OH is 2. The van der Waals surface area contributed by atoms with Gasteiger partial charge in [0.05, 0.1) is 5.73 Å². The average Bonchev–Trinajstić information content (AvgIpc) is 3.09. The molecular formula is C26H31N3O4Si. The normalized spacial score (nSPS) is 22.0. The molecule has 3 aromatic rings. The van der Waals surface area contributed by atoms with Gasteiger partial charge in [-0.25, -0.2) is 4.79 Å². The van der Waals surface area contributed by atoms with Crippen molar-refractivity contribution >= 4 is 24.3 Å². The Morgan fingerprint density at radius 2 is 1.59 bits per heavy atom. The first kappa shape index (κ1) is 24.1. The molecule has 0 amide bonds. The zero-order chi connectivity index (χ0) is 24.7. The van der Waals surface area contributed by atoms with Gasteiger partial charge in [0.15, 0.2) is 14.3 Å². The van der Waals surface area contributed by atoms with Gasteiger partial charge in [0.1, 0.15) is 18.0 Å². The van der Waals surface area contributed by atoms with Crippen LogP contribution in [0, 0.1) is 0 Å². The summed E-state index contributed by atoms with van der Waals surface area (Å²) >= 11 is 0. The maximum absolute atomic E-state index is 12.5. The zero-order valence-corrected chi connectivity index (χ0v) is 20.6. The van der Waals surface area contributed by atoms with Crippen molar-refractivity contribution < 1.29 is 14.9 Å². The molecule has 7 nitrogen and oxygen atoms in total. The number of aliphatic hydroxyl groups is 2. The van der Waals surface area contributed by atoms with Crippen LogP contribution in [-0.2, 0) is 4.74 Å². The summed E-state index contributed by atoms with van der Waals surface area (Å²) in [7, 11) is -3.04. The van der Waals surface area contributed by atoms with E-state index in [9.17, 15) is 15.0 Å². The Morgan fingerprint density at radius 3 is 2.06 bits per heavy atom. The quantitative estimate of drug-likeness (QED) is 0.380. The van der Waals surface area contributed by atoms with Gasteiger partial charge in [0.25, 0.3) is 0 Å². The molecular weight excluding hydrogens is 446 g/mol. The lowest BCUT2D eigenvalue weighted by atomic mass is 10.1. The molecule has 1 aromatic heterocycles. The number of anilines is 1. The van der Waals surface area contributed by atoms with E-state index in [1.54, 1.807) is 0 Å². The summed E-state index contributed by atoms with van der Waals surface area (Å²) in [5.74, 6) is 0.0919. The van der Waals surface area contributed by atoms with Crippen molar-refractivity contribution in [1.82, 2.24) is 9.55 Å². The molecule has 0 bridgehead atoms. The fourth-order valence-electron chi connectivity index (χ4n) is 5.23. The van der Waals surface area contributed by atoms with Gasteiger partial charge in [-0.3, -0.25) is 4.57 Å². The molecule has 2 heterocycles. The number of aromatic nitrogens is 2. The zero-order valence-electron chi connectivity index (χ0n) is 19.6. The summed E-state index contributed by atoms with van der Waals surface area (Å²) < 4.78 is 7.45. The number of ether oxygens (including phenoxy) is 1. The van der Waals surface area contributed by atoms with Crippen LogP contribution in [0.15, 0.2) is 89.9 Å². The molecule has 1 fully saturated rings. The molecule has 8 heteroatoms. The van der Waals surface area contributed by atoms with Crippen LogP contribution in [0.1, 0.15) is 27.0 Å². The molecule has 4 N–H and O–H groups in total. The Morgan fingerprint density at radius 1 is 1.06 bits per heavy atom. The van der Waals surface area contributed by atoms with E-state index in [2.05, 4.69) is 32.3 Å². The Balaban J connectivity index is 1.86. The van der Waals surface area contributed by atoms with Gasteiger partial charge in [-0.05, 0) is 11.1 Å². The van der Waals surface area contributed by atoms with Crippen molar-refractivity contribution in [3.05, 3.63) is 95.6 Å². The van der Waals surface area contributed by atoms with Crippen LogP contribution in [0.4, 0.5) is 5.82 Å². The van der Waals surface area contributed by atoms with Gasteiger partial charge >= 0.3 is 5.69 Å². The van der Waals surface area contributed by atoms with E-state index < -0.39 is 37.9 Å². The van der Waals surface area contributed by atoms with Crippen LogP contribution >= 0.6 is 0 Å². The van der Waals surface area contributed by atoms with E-state index in [-0.39, 0.29) is 16.4 Å². The summed E-state index contributed by atoms with van der Waals surface area (Å²) in [6.07, 6.45) is -1.67. The Labute approximate surface area is 200 Å². The predicted molar refractivity (Wildman–Crippen MR) is 136 cm³/mol. The van der Waals surface area contributed by atoms with E-state index in [1.807, 2.05) is 60.7 Å². The highest BCUT2D eigenvalue weighted by Gasteiger charge is 2.59. The van der Waals surface area contributed by atoms with Crippen LogP contribution < -0.4 is 21.8 Å². The van der Waals surface area contributed by atoms with E-state index in [4.69, 9.17) is 10.5 Å². The van der Waals surface area contributed by atoms with Crippen LogP contribution in [0.5, 0.6) is 0 Å². The minimum Gasteiger partial charge on any atom is -0.393 e. The first-order valence-electron chi connectivity index (χ1n) is 11.2. The second kappa shape index (κ2) is 8.96. The number of hydrogen-bond acceptors (Lipinski definition) is 6. The van der Waals surface area contributed by atoms with Gasteiger partial charge in [-0.15, -0.1) is 0 Å². The topological polar surface area (TPSA) is 111 Å². The number of nitrogens with two attached hydrogens (primary N) is 1. The SMILES string of the molecule is C=C1[C@H](n2ccc(N)nc2=O)O[C@H](C(O)[Si](c2ccccc2)(c2ccccc2)C(C)(C)C)[C@H]1O. The fraction of sp³-hybridized carbons (Fsp3) is 0.308. The lowest BCUT2D eigenvalue weighted by molar-refractivity contribution is -0.0612. The first-order chi connectivity index (χ1) is 16.1. The molecule has 1 aliphatic heterocycles. The molecule has 0 spiro atoms. The van der Waals surface area contributed by atoms with Crippen LogP contribution in [-0.4, -0.2) is 45.8 Å². The molecule has 1 aliphatic rings. The first-order valence-corrected chi connectivity index (χ1v) is 13.3. The fourth-order valence-corrected chi connectivity index (χ4v) is 11.1. The summed E-state index contributed by atoms with van der Waals surface area (Å²) in [5.41, 5.74) is 4.25. The van der Waals surface area contributed by atoms with E-state index >= 15 is 0 Å². The van der Waals surface area contributed by atoms with Gasteiger partial charge < -0.3 is 20.7 Å². The number of nitrogens with zero attached hydrogens (tertiary/aromatic N) is 2. The number of nitrogen functional groups attached to an aromatic ring is 1. The van der Waals surface area contributed by atoms with Crippen molar-refractivity contribution in [1.29, 1.82) is 0 Å². The second-order valence-corrected chi connectivity index (χ2v) is 14.6. The van der Waals surface area contributed by atoms with Crippen molar-refractivity contribution in [2.24, 2.45) is 0 Å². The number of hydrogen-bond donors (Lipinski definition) is 3. The Kier molecular flexibility index (Phi) is 6.35. The third-order valence-corrected chi connectivity index (χ3v) is 12.9. The maximum Gasteiger partial charge on any atom is 0.351 e. The molecule has 34 heavy (non-hydrogen) atoms. The standard InChI is InChI=1S/C26H31N3O4Si/c1-17-21(30)22(33-23(17)29-16-15-20(27)28-25(29)32)24(31)34(26(2,3)4,18-11-7-5-8-12-18)19-13-9-6-10-14-19/h5-16,21-24,30-31H,1H2,2-4H3,(H2,27,28,32)/t21-,22-,23+,24?/m0/s1. The highest BCUT2D eigenvalue weighted by molar-refractivity contribution is 7.05. The monoisotopic (exact) mass is 477 g/mol. The molecule has 1 unspecified atom stereocenters. The molecule has 0 radical (unpaired) electrons. The number of benzene rings is 2. The van der Waals surface area contributed by atoms with Crippen LogP contribution in [0.25, 0.3) is 0 Å². The van der Waals surface area contributed by atoms with E-state index in [1.165, 1.54) is 16.8 Å². The molecule has 2 aromatic carbocycles. The average molecular weight is 478 g/mol. The summed E-state index contributed by atoms with van der Waals surface area (Å²) in [6, 6.07) is 21.4. The largest absolute Gasteiger partial charge is 0.393 e. The molecule has 0 saturated carbocycles. The smallest absolute Gasteiger partial charge is 0.351 e. The summed E-state index contributed by atoms with van der Waals surface area (Å²) in [4.78, 5) is 16.2. The molecule has 4 rings (SSSR count). The van der Waals surface area contributed by atoms with Crippen molar-refractivity contribution in [3.63, 3.8) is 0 Å². The van der Waals surface area contributed by atoms with Crippen molar-refractivity contribution in [3.8, 4) is 0 Å². The third kappa shape index (κ3) is 3.82. The minimum absolute atomic E-state index is 0.0919. The second-order valence-electron chi connectivity index (χ2n) is 9.75. The lowest BCUT2D eigenvalue weighted by Crippen LogP contribution is -2.74. The number of rotatable bonds is 5.